The summed E-state index contributed by atoms with van der Waals surface area (Å²) in [5.74, 6) is 0.197. The molecule has 0 radical (unpaired) electrons. The minimum Gasteiger partial charge on any atom is -0.394 e. The van der Waals surface area contributed by atoms with E-state index in [1.807, 2.05) is 12.1 Å². The van der Waals surface area contributed by atoms with E-state index >= 15 is 0 Å². The Bertz CT molecular complexity index is 530. The highest BCUT2D eigenvalue weighted by Gasteiger charge is 2.29. The molecule has 0 aromatic heterocycles. The topological polar surface area (TPSA) is 75.6 Å². The summed E-state index contributed by atoms with van der Waals surface area (Å²) < 4.78 is 29.2. The Morgan fingerprint density at radius 1 is 1.30 bits per heavy atom. The Labute approximate surface area is 119 Å². The summed E-state index contributed by atoms with van der Waals surface area (Å²) in [7, 11) is -3.11. The van der Waals surface area contributed by atoms with E-state index in [4.69, 9.17) is 9.84 Å². The summed E-state index contributed by atoms with van der Waals surface area (Å²) >= 11 is 0. The van der Waals surface area contributed by atoms with Gasteiger partial charge in [0.15, 0.2) is 9.84 Å². The van der Waals surface area contributed by atoms with E-state index < -0.39 is 9.84 Å². The summed E-state index contributed by atoms with van der Waals surface area (Å²) in [6, 6.07) is 7.29. The van der Waals surface area contributed by atoms with E-state index in [2.05, 4.69) is 5.32 Å². The fraction of sp³-hybridized carbons (Fsp3) is 0.571. The predicted molar refractivity (Wildman–Crippen MR) is 76.4 cm³/mol. The Balaban J connectivity index is 1.91. The van der Waals surface area contributed by atoms with Crippen LogP contribution in [0.1, 0.15) is 24.4 Å². The number of hydrogen-bond donors (Lipinski definition) is 2. The third-order valence-electron chi connectivity index (χ3n) is 3.40. The molecule has 0 bridgehead atoms. The van der Waals surface area contributed by atoms with Crippen molar-refractivity contribution < 1.29 is 18.3 Å². The van der Waals surface area contributed by atoms with Gasteiger partial charge in [0, 0.05) is 12.6 Å². The molecule has 0 fully saturated rings. The SMILES string of the molecule is O=S1(=O)CCC(NCCCOCCO)c2ccccc21. The Hall–Kier alpha value is -0.950. The fourth-order valence-corrected chi connectivity index (χ4v) is 4.04. The Kier molecular flexibility index (Phi) is 5.54. The average Bonchev–Trinajstić information content (AvgIpc) is 2.45. The van der Waals surface area contributed by atoms with E-state index in [9.17, 15) is 8.42 Å². The molecular weight excluding hydrogens is 278 g/mol. The number of hydrogen-bond acceptors (Lipinski definition) is 5. The first-order valence-corrected chi connectivity index (χ1v) is 8.54. The van der Waals surface area contributed by atoms with Crippen LogP contribution in [0.5, 0.6) is 0 Å². The normalized spacial score (nSPS) is 20.6. The Morgan fingerprint density at radius 2 is 2.10 bits per heavy atom. The summed E-state index contributed by atoms with van der Waals surface area (Å²) in [6.45, 7) is 1.77. The number of rotatable bonds is 7. The van der Waals surface area contributed by atoms with Gasteiger partial charge in [-0.1, -0.05) is 18.2 Å². The number of sulfone groups is 1. The molecule has 2 rings (SSSR count). The number of aliphatic hydroxyl groups is 1. The van der Waals surface area contributed by atoms with Crippen LogP contribution in [0, 0.1) is 0 Å². The van der Waals surface area contributed by atoms with Gasteiger partial charge >= 0.3 is 0 Å². The molecule has 0 aliphatic carbocycles. The van der Waals surface area contributed by atoms with Crippen molar-refractivity contribution in [2.45, 2.75) is 23.8 Å². The van der Waals surface area contributed by atoms with Crippen molar-refractivity contribution in [3.05, 3.63) is 29.8 Å². The van der Waals surface area contributed by atoms with Gasteiger partial charge in [-0.2, -0.15) is 0 Å². The van der Waals surface area contributed by atoms with Crippen LogP contribution in [-0.2, 0) is 14.6 Å². The molecule has 20 heavy (non-hydrogen) atoms. The maximum absolute atomic E-state index is 12.0. The number of ether oxygens (including phenoxy) is 1. The zero-order chi connectivity index (χ0) is 14.4. The zero-order valence-electron chi connectivity index (χ0n) is 11.4. The van der Waals surface area contributed by atoms with Gasteiger partial charge in [-0.3, -0.25) is 0 Å². The molecule has 2 N–H and O–H groups in total. The summed E-state index contributed by atoms with van der Waals surface area (Å²) in [4.78, 5) is 0.459. The monoisotopic (exact) mass is 299 g/mol. The van der Waals surface area contributed by atoms with Crippen LogP contribution in [0.15, 0.2) is 29.2 Å². The van der Waals surface area contributed by atoms with Crippen LogP contribution in [-0.4, -0.2) is 45.6 Å². The minimum absolute atomic E-state index is 0.0429. The molecule has 1 atom stereocenters. The third kappa shape index (κ3) is 3.79. The molecule has 6 heteroatoms. The first-order valence-electron chi connectivity index (χ1n) is 6.89. The minimum atomic E-state index is -3.11. The molecule has 1 aromatic rings. The van der Waals surface area contributed by atoms with E-state index in [0.29, 0.717) is 24.5 Å². The molecular formula is C14H21NO4S. The van der Waals surface area contributed by atoms with Gasteiger partial charge in [0.05, 0.1) is 23.9 Å². The van der Waals surface area contributed by atoms with Crippen molar-refractivity contribution >= 4 is 9.84 Å². The van der Waals surface area contributed by atoms with E-state index in [-0.39, 0.29) is 18.4 Å². The lowest BCUT2D eigenvalue weighted by atomic mass is 10.0. The van der Waals surface area contributed by atoms with Crippen LogP contribution in [0.2, 0.25) is 0 Å². The lowest BCUT2D eigenvalue weighted by Gasteiger charge is -2.26. The van der Waals surface area contributed by atoms with Crippen molar-refractivity contribution in [1.82, 2.24) is 5.32 Å². The smallest absolute Gasteiger partial charge is 0.178 e. The first kappa shape index (κ1) is 15.4. The number of fused-ring (bicyclic) bond motifs is 1. The number of benzene rings is 1. The predicted octanol–water partition coefficient (Wildman–Crippen LogP) is 0.894. The number of aliphatic hydroxyl groups excluding tert-OH is 1. The molecule has 1 aliphatic rings. The van der Waals surface area contributed by atoms with Gasteiger partial charge in [-0.25, -0.2) is 8.42 Å². The van der Waals surface area contributed by atoms with Crippen LogP contribution in [0.25, 0.3) is 0 Å². The van der Waals surface area contributed by atoms with Crippen molar-refractivity contribution in [3.63, 3.8) is 0 Å². The van der Waals surface area contributed by atoms with Crippen LogP contribution in [0.3, 0.4) is 0 Å². The number of nitrogens with one attached hydrogen (secondary N) is 1. The second-order valence-electron chi connectivity index (χ2n) is 4.84. The molecule has 1 aromatic carbocycles. The first-order chi connectivity index (χ1) is 9.65. The molecule has 1 unspecified atom stereocenters. The fourth-order valence-electron chi connectivity index (χ4n) is 2.42. The quantitative estimate of drug-likeness (QED) is 0.732. The van der Waals surface area contributed by atoms with E-state index in [1.165, 1.54) is 0 Å². The van der Waals surface area contributed by atoms with Crippen molar-refractivity contribution in [2.24, 2.45) is 0 Å². The van der Waals surface area contributed by atoms with Gasteiger partial charge < -0.3 is 15.2 Å². The second kappa shape index (κ2) is 7.17. The molecule has 0 amide bonds. The van der Waals surface area contributed by atoms with Gasteiger partial charge in [0.1, 0.15) is 0 Å². The molecule has 1 aliphatic heterocycles. The zero-order valence-corrected chi connectivity index (χ0v) is 12.2. The van der Waals surface area contributed by atoms with E-state index in [1.54, 1.807) is 12.1 Å². The molecule has 0 spiro atoms. The largest absolute Gasteiger partial charge is 0.394 e. The van der Waals surface area contributed by atoms with Crippen LogP contribution < -0.4 is 5.32 Å². The Morgan fingerprint density at radius 3 is 2.90 bits per heavy atom. The summed E-state index contributed by atoms with van der Waals surface area (Å²) in [6.07, 6.45) is 1.45. The third-order valence-corrected chi connectivity index (χ3v) is 5.21. The van der Waals surface area contributed by atoms with Gasteiger partial charge in [0.25, 0.3) is 0 Å². The van der Waals surface area contributed by atoms with Crippen molar-refractivity contribution in [2.75, 3.05) is 32.1 Å². The van der Waals surface area contributed by atoms with Gasteiger partial charge in [0.2, 0.25) is 0 Å². The maximum Gasteiger partial charge on any atom is 0.178 e. The highest BCUT2D eigenvalue weighted by molar-refractivity contribution is 7.91. The van der Waals surface area contributed by atoms with Gasteiger partial charge in [-0.15, -0.1) is 0 Å². The lowest BCUT2D eigenvalue weighted by Crippen LogP contribution is -2.30. The highest BCUT2D eigenvalue weighted by atomic mass is 32.2. The van der Waals surface area contributed by atoms with Crippen molar-refractivity contribution in [1.29, 1.82) is 0 Å². The van der Waals surface area contributed by atoms with Gasteiger partial charge in [-0.05, 0) is 31.0 Å². The molecule has 5 nitrogen and oxygen atoms in total. The highest BCUT2D eigenvalue weighted by Crippen LogP contribution is 2.31. The van der Waals surface area contributed by atoms with Crippen molar-refractivity contribution in [3.8, 4) is 0 Å². The molecule has 0 saturated heterocycles. The second-order valence-corrected chi connectivity index (χ2v) is 6.92. The average molecular weight is 299 g/mol. The van der Waals surface area contributed by atoms with Crippen LogP contribution >= 0.6 is 0 Å². The molecule has 112 valence electrons. The summed E-state index contributed by atoms with van der Waals surface area (Å²) in [5.41, 5.74) is 0.870. The molecule has 0 saturated carbocycles. The van der Waals surface area contributed by atoms with E-state index in [0.717, 1.165) is 18.5 Å². The summed E-state index contributed by atoms with van der Waals surface area (Å²) in [5, 5.41) is 12.0. The maximum atomic E-state index is 12.0. The lowest BCUT2D eigenvalue weighted by molar-refractivity contribution is 0.0903. The molecule has 1 heterocycles. The standard InChI is InChI=1S/C14H21NO4S/c16-8-10-19-9-3-7-15-13-6-11-20(17,18)14-5-2-1-4-12(13)14/h1-2,4-5,13,15-16H,3,6-11H2. The van der Waals surface area contributed by atoms with Crippen LogP contribution in [0.4, 0.5) is 0 Å².